The van der Waals surface area contributed by atoms with Gasteiger partial charge in [0.15, 0.2) is 0 Å². The van der Waals surface area contributed by atoms with Gasteiger partial charge in [-0.15, -0.1) is 0 Å². The summed E-state index contributed by atoms with van der Waals surface area (Å²) in [5, 5.41) is 4.91. The van der Waals surface area contributed by atoms with E-state index in [0.717, 1.165) is 16.5 Å². The van der Waals surface area contributed by atoms with Gasteiger partial charge in [-0.2, -0.15) is 0 Å². The van der Waals surface area contributed by atoms with E-state index in [4.69, 9.17) is 0 Å². The number of carbonyl (C=O) groups is 2. The molecule has 0 bridgehead atoms. The Hall–Kier alpha value is -1.36. The summed E-state index contributed by atoms with van der Waals surface area (Å²) in [5.74, 6) is -0.255. The molecule has 5 heteroatoms. The van der Waals surface area contributed by atoms with E-state index < -0.39 is 11.6 Å². The number of amides is 3. The molecule has 1 aliphatic rings. The molecule has 3 amide bonds. The lowest BCUT2D eigenvalue weighted by Crippen LogP contribution is -2.44. The van der Waals surface area contributed by atoms with Crippen LogP contribution in [0.15, 0.2) is 28.7 Å². The van der Waals surface area contributed by atoms with Crippen LogP contribution in [0, 0.1) is 0 Å². The summed E-state index contributed by atoms with van der Waals surface area (Å²) in [6, 6.07) is 7.45. The van der Waals surface area contributed by atoms with E-state index >= 15 is 0 Å². The minimum atomic E-state index is -0.799. The van der Waals surface area contributed by atoms with Crippen molar-refractivity contribution >= 4 is 27.9 Å². The van der Waals surface area contributed by atoms with Crippen LogP contribution < -0.4 is 10.6 Å². The van der Waals surface area contributed by atoms with E-state index in [0.29, 0.717) is 6.42 Å². The molecule has 2 N–H and O–H groups in total. The van der Waals surface area contributed by atoms with Crippen LogP contribution in [-0.4, -0.2) is 17.5 Å². The van der Waals surface area contributed by atoms with Crippen molar-refractivity contribution in [3.05, 3.63) is 34.3 Å². The van der Waals surface area contributed by atoms with Gasteiger partial charge in [0.25, 0.3) is 5.91 Å². The normalized spacial score (nSPS) is 23.4. The van der Waals surface area contributed by atoms with Crippen molar-refractivity contribution in [2.24, 2.45) is 0 Å². The van der Waals surface area contributed by atoms with E-state index in [-0.39, 0.29) is 5.91 Å². The average molecular weight is 297 g/mol. The van der Waals surface area contributed by atoms with Gasteiger partial charge in [0.05, 0.1) is 0 Å². The number of hydrogen-bond acceptors (Lipinski definition) is 2. The van der Waals surface area contributed by atoms with Crippen molar-refractivity contribution in [2.75, 3.05) is 0 Å². The molecule has 0 aliphatic carbocycles. The monoisotopic (exact) mass is 296 g/mol. The fourth-order valence-corrected chi connectivity index (χ4v) is 2.32. The van der Waals surface area contributed by atoms with Crippen LogP contribution in [0.5, 0.6) is 0 Å². The third kappa shape index (κ3) is 2.49. The van der Waals surface area contributed by atoms with E-state index in [9.17, 15) is 9.59 Å². The summed E-state index contributed by atoms with van der Waals surface area (Å²) in [6.45, 7) is 1.74. The van der Waals surface area contributed by atoms with E-state index in [2.05, 4.69) is 26.6 Å². The van der Waals surface area contributed by atoms with Gasteiger partial charge in [0.2, 0.25) is 0 Å². The number of halogens is 1. The molecule has 1 fully saturated rings. The molecule has 1 atom stereocenters. The first-order valence-corrected chi connectivity index (χ1v) is 6.17. The first kappa shape index (κ1) is 12.1. The highest BCUT2D eigenvalue weighted by molar-refractivity contribution is 9.10. The quantitative estimate of drug-likeness (QED) is 0.838. The van der Waals surface area contributed by atoms with E-state index in [1.54, 1.807) is 6.92 Å². The first-order chi connectivity index (χ1) is 8.01. The number of nitrogens with one attached hydrogen (secondary N) is 2. The molecule has 4 nitrogen and oxygen atoms in total. The summed E-state index contributed by atoms with van der Waals surface area (Å²) in [5.41, 5.74) is 0.328. The first-order valence-electron chi connectivity index (χ1n) is 5.38. The number of urea groups is 1. The molecule has 1 saturated heterocycles. The van der Waals surface area contributed by atoms with Crippen LogP contribution in [0.25, 0.3) is 0 Å². The molecule has 0 radical (unpaired) electrons. The standard InChI is InChI=1S/C12H13BrN2O2/c1-12(10(16)14-11(17)15-12)7-6-8-4-2-3-5-9(8)13/h2-5H,6-7H2,1H3,(H2,14,15,16,17)/t12-/m0/s1. The Morgan fingerprint density at radius 3 is 2.59 bits per heavy atom. The largest absolute Gasteiger partial charge is 0.324 e. The van der Waals surface area contributed by atoms with Crippen molar-refractivity contribution in [3.8, 4) is 0 Å². The Labute approximate surface area is 108 Å². The zero-order valence-corrected chi connectivity index (χ0v) is 11.0. The van der Waals surface area contributed by atoms with Gasteiger partial charge in [-0.1, -0.05) is 34.1 Å². The highest BCUT2D eigenvalue weighted by Gasteiger charge is 2.41. The van der Waals surface area contributed by atoms with Gasteiger partial charge in [-0.3, -0.25) is 10.1 Å². The van der Waals surface area contributed by atoms with Gasteiger partial charge < -0.3 is 5.32 Å². The van der Waals surface area contributed by atoms with Crippen LogP contribution >= 0.6 is 15.9 Å². The molecule has 90 valence electrons. The zero-order chi connectivity index (χ0) is 12.5. The maximum absolute atomic E-state index is 11.6. The minimum absolute atomic E-state index is 0.255. The Balaban J connectivity index is 2.06. The SMILES string of the molecule is C[C@@]1(CCc2ccccc2Br)NC(=O)NC1=O. The molecule has 0 saturated carbocycles. The van der Waals surface area contributed by atoms with Crippen molar-refractivity contribution in [3.63, 3.8) is 0 Å². The predicted molar refractivity (Wildman–Crippen MR) is 67.5 cm³/mol. The second kappa shape index (κ2) is 4.49. The molecule has 2 rings (SSSR count). The second-order valence-corrected chi connectivity index (χ2v) is 5.19. The Kier molecular flexibility index (Phi) is 3.19. The van der Waals surface area contributed by atoms with Gasteiger partial charge >= 0.3 is 6.03 Å². The topological polar surface area (TPSA) is 58.2 Å². The predicted octanol–water partition coefficient (Wildman–Crippen LogP) is 1.98. The maximum Gasteiger partial charge on any atom is 0.322 e. The molecular formula is C12H13BrN2O2. The lowest BCUT2D eigenvalue weighted by atomic mass is 9.93. The summed E-state index contributed by atoms with van der Waals surface area (Å²) >= 11 is 3.46. The van der Waals surface area contributed by atoms with E-state index in [1.165, 1.54) is 0 Å². The summed E-state index contributed by atoms with van der Waals surface area (Å²) < 4.78 is 1.02. The van der Waals surface area contributed by atoms with E-state index in [1.807, 2.05) is 24.3 Å². The van der Waals surface area contributed by atoms with Crippen LogP contribution in [0.3, 0.4) is 0 Å². The van der Waals surface area contributed by atoms with Crippen molar-refractivity contribution < 1.29 is 9.59 Å². The molecule has 1 aromatic carbocycles. The lowest BCUT2D eigenvalue weighted by molar-refractivity contribution is -0.123. The van der Waals surface area contributed by atoms with Gasteiger partial charge in [0, 0.05) is 4.47 Å². The maximum atomic E-state index is 11.6. The molecule has 1 aliphatic heterocycles. The Morgan fingerprint density at radius 2 is 2.00 bits per heavy atom. The van der Waals surface area contributed by atoms with Crippen molar-refractivity contribution in [1.82, 2.24) is 10.6 Å². The number of rotatable bonds is 3. The van der Waals surface area contributed by atoms with Crippen LogP contribution in [0.2, 0.25) is 0 Å². The van der Waals surface area contributed by atoms with Crippen LogP contribution in [0.1, 0.15) is 18.9 Å². The third-order valence-corrected chi connectivity index (χ3v) is 3.74. The second-order valence-electron chi connectivity index (χ2n) is 4.33. The molecule has 0 unspecified atom stereocenters. The molecule has 1 heterocycles. The summed E-state index contributed by atoms with van der Waals surface area (Å²) in [6.07, 6.45) is 1.30. The number of carbonyl (C=O) groups excluding carboxylic acids is 2. The molecule has 1 aromatic rings. The average Bonchev–Trinajstić information content (AvgIpc) is 2.52. The van der Waals surface area contributed by atoms with Crippen molar-refractivity contribution in [1.29, 1.82) is 0 Å². The molecular weight excluding hydrogens is 284 g/mol. The van der Waals surface area contributed by atoms with Crippen LogP contribution in [0.4, 0.5) is 4.79 Å². The Bertz CT molecular complexity index is 475. The number of hydrogen-bond donors (Lipinski definition) is 2. The van der Waals surface area contributed by atoms with Gasteiger partial charge in [-0.05, 0) is 31.4 Å². The lowest BCUT2D eigenvalue weighted by Gasteiger charge is -2.20. The zero-order valence-electron chi connectivity index (χ0n) is 9.42. The van der Waals surface area contributed by atoms with Crippen LogP contribution in [-0.2, 0) is 11.2 Å². The number of imide groups is 1. The smallest absolute Gasteiger partial charge is 0.322 e. The van der Waals surface area contributed by atoms with Gasteiger partial charge in [0.1, 0.15) is 5.54 Å². The number of aryl methyl sites for hydroxylation is 1. The van der Waals surface area contributed by atoms with Crippen molar-refractivity contribution in [2.45, 2.75) is 25.3 Å². The number of benzene rings is 1. The summed E-state index contributed by atoms with van der Waals surface area (Å²) in [4.78, 5) is 22.7. The fraction of sp³-hybridized carbons (Fsp3) is 0.333. The molecule has 17 heavy (non-hydrogen) atoms. The highest BCUT2D eigenvalue weighted by Crippen LogP contribution is 2.22. The van der Waals surface area contributed by atoms with Gasteiger partial charge in [-0.25, -0.2) is 4.79 Å². The Morgan fingerprint density at radius 1 is 1.29 bits per heavy atom. The fourth-order valence-electron chi connectivity index (χ4n) is 1.84. The minimum Gasteiger partial charge on any atom is -0.324 e. The molecule has 0 spiro atoms. The summed E-state index contributed by atoms with van der Waals surface area (Å²) in [7, 11) is 0. The third-order valence-electron chi connectivity index (χ3n) is 2.97. The molecule has 0 aromatic heterocycles. The highest BCUT2D eigenvalue weighted by atomic mass is 79.9.